The van der Waals surface area contributed by atoms with Gasteiger partial charge in [0, 0.05) is 0 Å². The van der Waals surface area contributed by atoms with Gasteiger partial charge in [0.2, 0.25) is 0 Å². The van der Waals surface area contributed by atoms with Gasteiger partial charge in [0.1, 0.15) is 0 Å². The number of benzene rings is 1. The lowest BCUT2D eigenvalue weighted by atomic mass is 10.1. The number of aryl methyl sites for hydroxylation is 1. The number of ether oxygens (including phenoxy) is 2. The van der Waals surface area contributed by atoms with E-state index in [2.05, 4.69) is 17.1 Å². The average Bonchev–Trinajstić information content (AvgIpc) is 2.94. The molecule has 21 heavy (non-hydrogen) atoms. The third kappa shape index (κ3) is 3.72. The highest BCUT2D eigenvalue weighted by molar-refractivity contribution is 5.42. The number of nitrogens with two attached hydrogens (primary N) is 1. The predicted molar refractivity (Wildman–Crippen MR) is 78.2 cm³/mol. The first-order chi connectivity index (χ1) is 9.94. The minimum atomic E-state index is -0.637. The first kappa shape index (κ1) is 15.3. The van der Waals surface area contributed by atoms with Crippen LogP contribution in [0.2, 0.25) is 0 Å². The van der Waals surface area contributed by atoms with Gasteiger partial charge in [-0.05, 0) is 38.0 Å². The molecule has 0 aliphatic heterocycles. The van der Waals surface area contributed by atoms with Crippen molar-refractivity contribution in [1.82, 2.24) is 10.1 Å². The molecule has 0 saturated heterocycles. The SMILES string of the molecule is CCc1ccc(OCc2nc(C(C)(C)N)no2)c(OC)c1. The Kier molecular flexibility index (Phi) is 4.47. The highest BCUT2D eigenvalue weighted by Gasteiger charge is 2.21. The maximum Gasteiger partial charge on any atom is 0.264 e. The van der Waals surface area contributed by atoms with Crippen LogP contribution in [-0.2, 0) is 18.6 Å². The summed E-state index contributed by atoms with van der Waals surface area (Å²) in [5.74, 6) is 2.16. The van der Waals surface area contributed by atoms with E-state index in [-0.39, 0.29) is 6.61 Å². The zero-order valence-corrected chi connectivity index (χ0v) is 12.8. The fourth-order valence-corrected chi connectivity index (χ4v) is 1.77. The zero-order chi connectivity index (χ0) is 15.5. The third-order valence-corrected chi connectivity index (χ3v) is 3.03. The highest BCUT2D eigenvalue weighted by atomic mass is 16.5. The third-order valence-electron chi connectivity index (χ3n) is 3.03. The molecular weight excluding hydrogens is 270 g/mol. The number of rotatable bonds is 6. The average molecular weight is 291 g/mol. The lowest BCUT2D eigenvalue weighted by Gasteiger charge is -2.11. The Hall–Kier alpha value is -2.08. The summed E-state index contributed by atoms with van der Waals surface area (Å²) in [4.78, 5) is 4.22. The Morgan fingerprint density at radius 3 is 2.62 bits per heavy atom. The molecule has 0 spiro atoms. The number of methoxy groups -OCH3 is 1. The van der Waals surface area contributed by atoms with E-state index >= 15 is 0 Å². The van der Waals surface area contributed by atoms with E-state index < -0.39 is 5.54 Å². The van der Waals surface area contributed by atoms with E-state index in [0.717, 1.165) is 6.42 Å². The second kappa shape index (κ2) is 6.13. The summed E-state index contributed by atoms with van der Waals surface area (Å²) in [5.41, 5.74) is 6.46. The molecule has 6 nitrogen and oxygen atoms in total. The van der Waals surface area contributed by atoms with Crippen molar-refractivity contribution in [2.75, 3.05) is 7.11 Å². The van der Waals surface area contributed by atoms with Crippen LogP contribution in [0.3, 0.4) is 0 Å². The molecule has 0 aliphatic carbocycles. The Balaban J connectivity index is 2.08. The van der Waals surface area contributed by atoms with Crippen molar-refractivity contribution in [3.8, 4) is 11.5 Å². The van der Waals surface area contributed by atoms with Crippen LogP contribution in [0.1, 0.15) is 38.0 Å². The van der Waals surface area contributed by atoms with Gasteiger partial charge in [0.05, 0.1) is 12.6 Å². The normalized spacial score (nSPS) is 11.5. The first-order valence-corrected chi connectivity index (χ1v) is 6.85. The number of hydrogen-bond acceptors (Lipinski definition) is 6. The monoisotopic (exact) mass is 291 g/mol. The highest BCUT2D eigenvalue weighted by Crippen LogP contribution is 2.29. The van der Waals surface area contributed by atoms with E-state index in [0.29, 0.717) is 23.2 Å². The molecule has 0 bridgehead atoms. The Bertz CT molecular complexity index is 602. The second-order valence-corrected chi connectivity index (χ2v) is 5.36. The van der Waals surface area contributed by atoms with Crippen molar-refractivity contribution in [2.24, 2.45) is 5.73 Å². The standard InChI is InChI=1S/C15H21N3O3/c1-5-10-6-7-11(12(8-10)19-4)20-9-13-17-14(18-21-13)15(2,3)16/h6-8H,5,9,16H2,1-4H3. The molecule has 1 aromatic carbocycles. The summed E-state index contributed by atoms with van der Waals surface area (Å²) in [7, 11) is 1.61. The van der Waals surface area contributed by atoms with Gasteiger partial charge in [-0.2, -0.15) is 4.98 Å². The Morgan fingerprint density at radius 2 is 2.05 bits per heavy atom. The van der Waals surface area contributed by atoms with Crippen LogP contribution in [0.4, 0.5) is 0 Å². The minimum absolute atomic E-state index is 0.172. The van der Waals surface area contributed by atoms with Gasteiger partial charge in [-0.3, -0.25) is 0 Å². The van der Waals surface area contributed by atoms with Crippen molar-refractivity contribution in [2.45, 2.75) is 39.3 Å². The molecule has 1 aromatic heterocycles. The van der Waals surface area contributed by atoms with E-state index in [1.807, 2.05) is 32.0 Å². The molecule has 0 saturated carbocycles. The van der Waals surface area contributed by atoms with Gasteiger partial charge in [-0.1, -0.05) is 18.1 Å². The minimum Gasteiger partial charge on any atom is -0.493 e. The smallest absolute Gasteiger partial charge is 0.264 e. The van der Waals surface area contributed by atoms with Crippen molar-refractivity contribution in [1.29, 1.82) is 0 Å². The summed E-state index contributed by atoms with van der Waals surface area (Å²) >= 11 is 0. The predicted octanol–water partition coefficient (Wildman–Crippen LogP) is 2.41. The molecule has 0 atom stereocenters. The molecule has 1 heterocycles. The topological polar surface area (TPSA) is 83.4 Å². The molecule has 0 unspecified atom stereocenters. The van der Waals surface area contributed by atoms with Gasteiger partial charge in [-0.25, -0.2) is 0 Å². The lowest BCUT2D eigenvalue weighted by molar-refractivity contribution is 0.232. The fraction of sp³-hybridized carbons (Fsp3) is 0.467. The lowest BCUT2D eigenvalue weighted by Crippen LogP contribution is -2.30. The van der Waals surface area contributed by atoms with E-state index in [4.69, 9.17) is 19.7 Å². The van der Waals surface area contributed by atoms with Crippen molar-refractivity contribution in [3.63, 3.8) is 0 Å². The maximum absolute atomic E-state index is 5.91. The summed E-state index contributed by atoms with van der Waals surface area (Å²) in [5, 5.41) is 3.85. The zero-order valence-electron chi connectivity index (χ0n) is 12.8. The van der Waals surface area contributed by atoms with E-state index in [9.17, 15) is 0 Å². The largest absolute Gasteiger partial charge is 0.493 e. The van der Waals surface area contributed by atoms with Crippen LogP contribution in [0.25, 0.3) is 0 Å². The summed E-state index contributed by atoms with van der Waals surface area (Å²) in [6, 6.07) is 5.83. The van der Waals surface area contributed by atoms with Gasteiger partial charge in [-0.15, -0.1) is 0 Å². The quantitative estimate of drug-likeness (QED) is 0.880. The number of aromatic nitrogens is 2. The van der Waals surface area contributed by atoms with Crippen molar-refractivity contribution < 1.29 is 14.0 Å². The molecular formula is C15H21N3O3. The van der Waals surface area contributed by atoms with Crippen LogP contribution in [0.15, 0.2) is 22.7 Å². The molecule has 114 valence electrons. The molecule has 0 aliphatic rings. The molecule has 0 radical (unpaired) electrons. The molecule has 2 rings (SSSR count). The molecule has 2 aromatic rings. The fourth-order valence-electron chi connectivity index (χ4n) is 1.77. The number of hydrogen-bond donors (Lipinski definition) is 1. The number of nitrogens with zero attached hydrogens (tertiary/aromatic N) is 2. The molecule has 0 fully saturated rings. The first-order valence-electron chi connectivity index (χ1n) is 6.85. The van der Waals surface area contributed by atoms with Gasteiger partial charge < -0.3 is 19.7 Å². The van der Waals surface area contributed by atoms with Crippen LogP contribution in [0, 0.1) is 0 Å². The molecule has 6 heteroatoms. The van der Waals surface area contributed by atoms with Crippen LogP contribution < -0.4 is 15.2 Å². The van der Waals surface area contributed by atoms with Gasteiger partial charge in [0.15, 0.2) is 23.9 Å². The van der Waals surface area contributed by atoms with Crippen molar-refractivity contribution in [3.05, 3.63) is 35.5 Å². The van der Waals surface area contributed by atoms with Gasteiger partial charge >= 0.3 is 0 Å². The summed E-state index contributed by atoms with van der Waals surface area (Å²) in [6.45, 7) is 5.89. The molecule has 0 amide bonds. The maximum atomic E-state index is 5.91. The second-order valence-electron chi connectivity index (χ2n) is 5.36. The van der Waals surface area contributed by atoms with Gasteiger partial charge in [0.25, 0.3) is 5.89 Å². The Labute approximate surface area is 124 Å². The van der Waals surface area contributed by atoms with E-state index in [1.54, 1.807) is 7.11 Å². The Morgan fingerprint density at radius 1 is 1.29 bits per heavy atom. The van der Waals surface area contributed by atoms with Crippen LogP contribution in [-0.4, -0.2) is 17.3 Å². The van der Waals surface area contributed by atoms with Crippen LogP contribution >= 0.6 is 0 Å². The summed E-state index contributed by atoms with van der Waals surface area (Å²) in [6.07, 6.45) is 0.940. The summed E-state index contributed by atoms with van der Waals surface area (Å²) < 4.78 is 16.1. The van der Waals surface area contributed by atoms with Crippen molar-refractivity contribution >= 4 is 0 Å². The van der Waals surface area contributed by atoms with Crippen LogP contribution in [0.5, 0.6) is 11.5 Å². The molecule has 2 N–H and O–H groups in total. The van der Waals surface area contributed by atoms with E-state index in [1.165, 1.54) is 5.56 Å².